The van der Waals surface area contributed by atoms with Gasteiger partial charge in [0.25, 0.3) is 0 Å². The summed E-state index contributed by atoms with van der Waals surface area (Å²) >= 11 is 0. The third kappa shape index (κ3) is 12.2. The summed E-state index contributed by atoms with van der Waals surface area (Å²) in [4.78, 5) is 6.69. The summed E-state index contributed by atoms with van der Waals surface area (Å²) in [5.74, 6) is 0.559. The molecule has 0 aliphatic carbocycles. The highest BCUT2D eigenvalue weighted by Crippen LogP contribution is 2.07. The first kappa shape index (κ1) is 24.1. The summed E-state index contributed by atoms with van der Waals surface area (Å²) in [6.07, 6.45) is 6.20. The molecule has 0 aliphatic rings. The minimum absolute atomic E-state index is 0. The van der Waals surface area contributed by atoms with Gasteiger partial charge in [0.2, 0.25) is 0 Å². The van der Waals surface area contributed by atoms with E-state index in [-0.39, 0.29) is 29.8 Å². The normalized spacial score (nSPS) is 11.3. The quantitative estimate of drug-likeness (QED) is 0.225. The van der Waals surface area contributed by atoms with Crippen LogP contribution in [-0.4, -0.2) is 44.6 Å². The molecular formula is C19H34FIN4. The van der Waals surface area contributed by atoms with Crippen LogP contribution in [0.4, 0.5) is 4.39 Å². The molecule has 0 radical (unpaired) electrons. The van der Waals surface area contributed by atoms with Gasteiger partial charge in [0.15, 0.2) is 5.96 Å². The van der Waals surface area contributed by atoms with Gasteiger partial charge in [-0.25, -0.2) is 9.38 Å². The van der Waals surface area contributed by atoms with E-state index in [1.54, 1.807) is 12.1 Å². The Bertz CT molecular complexity index is 480. The zero-order chi connectivity index (χ0) is 17.6. The molecule has 1 aromatic rings. The highest BCUT2D eigenvalue weighted by atomic mass is 127. The molecule has 1 rings (SSSR count). The van der Waals surface area contributed by atoms with Crippen molar-refractivity contribution in [1.29, 1.82) is 0 Å². The summed E-state index contributed by atoms with van der Waals surface area (Å²) < 4.78 is 13.6. The lowest BCUT2D eigenvalue weighted by Crippen LogP contribution is -2.37. The van der Waals surface area contributed by atoms with E-state index in [9.17, 15) is 4.39 Å². The molecule has 1 aromatic carbocycles. The number of hydrogen-bond acceptors (Lipinski definition) is 2. The molecule has 0 bridgehead atoms. The molecule has 6 heteroatoms. The number of halogens is 2. The predicted octanol–water partition coefficient (Wildman–Crippen LogP) is 4.01. The van der Waals surface area contributed by atoms with Crippen molar-refractivity contribution in [3.05, 3.63) is 35.6 Å². The van der Waals surface area contributed by atoms with Gasteiger partial charge in [0.05, 0.1) is 6.54 Å². The molecular weight excluding hydrogens is 430 g/mol. The first-order valence-corrected chi connectivity index (χ1v) is 9.03. The average Bonchev–Trinajstić information content (AvgIpc) is 2.56. The van der Waals surface area contributed by atoms with Gasteiger partial charge in [-0.15, -0.1) is 24.0 Å². The molecule has 0 fully saturated rings. The Morgan fingerprint density at radius 1 is 1.04 bits per heavy atom. The Morgan fingerprint density at radius 2 is 1.72 bits per heavy atom. The van der Waals surface area contributed by atoms with Crippen LogP contribution < -0.4 is 10.6 Å². The Balaban J connectivity index is 0.00000576. The maximum absolute atomic E-state index is 13.6. The summed E-state index contributed by atoms with van der Waals surface area (Å²) in [6.45, 7) is 5.26. The van der Waals surface area contributed by atoms with E-state index in [0.717, 1.165) is 25.5 Å². The fourth-order valence-electron chi connectivity index (χ4n) is 2.42. The number of guanidine groups is 1. The smallest absolute Gasteiger partial charge is 0.191 e. The Morgan fingerprint density at radius 3 is 2.40 bits per heavy atom. The Kier molecular flexibility index (Phi) is 14.8. The maximum atomic E-state index is 13.6. The van der Waals surface area contributed by atoms with Gasteiger partial charge < -0.3 is 15.5 Å². The third-order valence-corrected chi connectivity index (χ3v) is 3.78. The van der Waals surface area contributed by atoms with Crippen molar-refractivity contribution in [2.75, 3.05) is 33.7 Å². The Hall–Kier alpha value is -0.890. The first-order chi connectivity index (χ1) is 11.6. The van der Waals surface area contributed by atoms with Crippen molar-refractivity contribution in [3.63, 3.8) is 0 Å². The third-order valence-electron chi connectivity index (χ3n) is 3.78. The summed E-state index contributed by atoms with van der Waals surface area (Å²) in [5.41, 5.74) is 0.621. The van der Waals surface area contributed by atoms with Crippen molar-refractivity contribution >= 4 is 29.9 Å². The standard InChI is InChI=1S/C19H33FN4.HI/c1-4-21-19(23-16-17-12-8-9-13-18(17)20)22-14-10-6-5-7-11-15-24(2)3;/h8-9,12-13H,4-7,10-11,14-16H2,1-3H3,(H2,21,22,23);1H. The van der Waals surface area contributed by atoms with Crippen molar-refractivity contribution in [1.82, 2.24) is 15.5 Å². The molecule has 0 saturated carbocycles. The number of hydrogen-bond donors (Lipinski definition) is 2. The van der Waals surface area contributed by atoms with Crippen LogP contribution in [0, 0.1) is 5.82 Å². The van der Waals surface area contributed by atoms with Gasteiger partial charge >= 0.3 is 0 Å². The predicted molar refractivity (Wildman–Crippen MR) is 116 cm³/mol. The second kappa shape index (κ2) is 15.4. The van der Waals surface area contributed by atoms with E-state index in [0.29, 0.717) is 12.1 Å². The lowest BCUT2D eigenvalue weighted by Gasteiger charge is -2.12. The van der Waals surface area contributed by atoms with Crippen molar-refractivity contribution in [2.45, 2.75) is 45.6 Å². The molecule has 0 atom stereocenters. The molecule has 0 aliphatic heterocycles. The lowest BCUT2D eigenvalue weighted by atomic mass is 10.1. The largest absolute Gasteiger partial charge is 0.357 e. The van der Waals surface area contributed by atoms with Crippen LogP contribution in [0.25, 0.3) is 0 Å². The Labute approximate surface area is 169 Å². The van der Waals surface area contributed by atoms with E-state index in [2.05, 4.69) is 34.6 Å². The summed E-state index contributed by atoms with van der Waals surface area (Å²) in [5, 5.41) is 6.53. The molecule has 0 spiro atoms. The van der Waals surface area contributed by atoms with Crippen LogP contribution in [0.1, 0.15) is 44.6 Å². The first-order valence-electron chi connectivity index (χ1n) is 9.03. The van der Waals surface area contributed by atoms with Gasteiger partial charge in [-0.1, -0.05) is 37.5 Å². The van der Waals surface area contributed by atoms with Crippen molar-refractivity contribution < 1.29 is 4.39 Å². The van der Waals surface area contributed by atoms with Gasteiger partial charge in [0, 0.05) is 18.7 Å². The highest BCUT2D eigenvalue weighted by molar-refractivity contribution is 14.0. The zero-order valence-corrected chi connectivity index (χ0v) is 18.2. The molecule has 25 heavy (non-hydrogen) atoms. The van der Waals surface area contributed by atoms with Crippen LogP contribution in [0.2, 0.25) is 0 Å². The van der Waals surface area contributed by atoms with E-state index in [4.69, 9.17) is 0 Å². The number of unbranched alkanes of at least 4 members (excludes halogenated alkanes) is 4. The molecule has 4 nitrogen and oxygen atoms in total. The van der Waals surface area contributed by atoms with Gasteiger partial charge in [-0.05, 0) is 46.5 Å². The second-order valence-electron chi connectivity index (χ2n) is 6.28. The number of rotatable bonds is 11. The zero-order valence-electron chi connectivity index (χ0n) is 15.9. The molecule has 0 aromatic heterocycles. The van der Waals surface area contributed by atoms with Crippen LogP contribution in [0.15, 0.2) is 29.3 Å². The van der Waals surface area contributed by atoms with E-state index in [1.807, 2.05) is 13.0 Å². The monoisotopic (exact) mass is 464 g/mol. The fourth-order valence-corrected chi connectivity index (χ4v) is 2.42. The average molecular weight is 464 g/mol. The van der Waals surface area contributed by atoms with Gasteiger partial charge in [-0.2, -0.15) is 0 Å². The SMILES string of the molecule is CCNC(=NCc1ccccc1F)NCCCCCCCN(C)C.I. The number of nitrogens with zero attached hydrogens (tertiary/aromatic N) is 2. The number of nitrogens with one attached hydrogen (secondary N) is 2. The van der Waals surface area contributed by atoms with Crippen LogP contribution >= 0.6 is 24.0 Å². The van der Waals surface area contributed by atoms with Crippen LogP contribution in [-0.2, 0) is 6.54 Å². The molecule has 2 N–H and O–H groups in total. The lowest BCUT2D eigenvalue weighted by molar-refractivity contribution is 0.389. The van der Waals surface area contributed by atoms with Gasteiger partial charge in [-0.3, -0.25) is 0 Å². The molecule has 0 saturated heterocycles. The van der Waals surface area contributed by atoms with Gasteiger partial charge in [0.1, 0.15) is 5.82 Å². The molecule has 144 valence electrons. The van der Waals surface area contributed by atoms with E-state index < -0.39 is 0 Å². The minimum Gasteiger partial charge on any atom is -0.357 e. The highest BCUT2D eigenvalue weighted by Gasteiger charge is 2.01. The summed E-state index contributed by atoms with van der Waals surface area (Å²) in [6, 6.07) is 6.78. The van der Waals surface area contributed by atoms with Crippen LogP contribution in [0.3, 0.4) is 0 Å². The second-order valence-corrected chi connectivity index (χ2v) is 6.28. The summed E-state index contributed by atoms with van der Waals surface area (Å²) in [7, 11) is 4.24. The van der Waals surface area contributed by atoms with Crippen molar-refractivity contribution in [2.24, 2.45) is 4.99 Å². The number of aliphatic imine (C=N–C) groups is 1. The topological polar surface area (TPSA) is 39.7 Å². The molecule has 0 unspecified atom stereocenters. The van der Waals surface area contributed by atoms with E-state index in [1.165, 1.54) is 38.3 Å². The fraction of sp³-hybridized carbons (Fsp3) is 0.632. The van der Waals surface area contributed by atoms with E-state index >= 15 is 0 Å². The molecule has 0 heterocycles. The van der Waals surface area contributed by atoms with Crippen LogP contribution in [0.5, 0.6) is 0 Å². The molecule has 0 amide bonds. The van der Waals surface area contributed by atoms with Crippen molar-refractivity contribution in [3.8, 4) is 0 Å². The number of benzene rings is 1. The maximum Gasteiger partial charge on any atom is 0.191 e. The minimum atomic E-state index is -0.199.